The van der Waals surface area contributed by atoms with Crippen LogP contribution in [0.2, 0.25) is 5.02 Å². The van der Waals surface area contributed by atoms with E-state index in [-0.39, 0.29) is 15.5 Å². The SMILES string of the molecule is NS(=O)(=O)c1ccc(S(=O)(=O)Nc2cccc3c(Cl)c[n-]c23)cc1. The third kappa shape index (κ3) is 3.11. The van der Waals surface area contributed by atoms with Gasteiger partial charge in [-0.25, -0.2) is 22.0 Å². The average molecular weight is 385 g/mol. The molecule has 3 N–H and O–H groups in total. The fraction of sp³-hybridized carbons (Fsp3) is 0. The highest BCUT2D eigenvalue weighted by atomic mass is 35.5. The minimum Gasteiger partial charge on any atom is -0.661 e. The van der Waals surface area contributed by atoms with E-state index in [2.05, 4.69) is 9.71 Å². The van der Waals surface area contributed by atoms with Gasteiger partial charge in [-0.05, 0) is 35.7 Å². The lowest BCUT2D eigenvalue weighted by molar-refractivity contribution is 0.595. The molecule has 0 atom stereocenters. The number of hydrogen-bond donors (Lipinski definition) is 2. The van der Waals surface area contributed by atoms with Crippen LogP contribution in [0, 0.1) is 0 Å². The van der Waals surface area contributed by atoms with E-state index in [1.807, 2.05) is 0 Å². The maximum absolute atomic E-state index is 12.5. The van der Waals surface area contributed by atoms with Crippen LogP contribution in [0.15, 0.2) is 58.5 Å². The summed E-state index contributed by atoms with van der Waals surface area (Å²) in [5.41, 5.74) is 0.696. The summed E-state index contributed by atoms with van der Waals surface area (Å²) in [6.07, 6.45) is 1.44. The van der Waals surface area contributed by atoms with Crippen molar-refractivity contribution >= 4 is 48.2 Å². The fourth-order valence-corrected chi connectivity index (χ4v) is 3.94. The van der Waals surface area contributed by atoms with Crippen LogP contribution in [0.4, 0.5) is 5.69 Å². The Morgan fingerprint density at radius 1 is 0.958 bits per heavy atom. The van der Waals surface area contributed by atoms with E-state index in [1.54, 1.807) is 18.2 Å². The van der Waals surface area contributed by atoms with Gasteiger partial charge >= 0.3 is 0 Å². The molecular formula is C14H11ClN3O4S2-. The number of aromatic nitrogens is 1. The van der Waals surface area contributed by atoms with Crippen molar-refractivity contribution in [3.05, 3.63) is 53.7 Å². The predicted molar refractivity (Wildman–Crippen MR) is 90.9 cm³/mol. The van der Waals surface area contributed by atoms with Gasteiger partial charge in [-0.1, -0.05) is 23.7 Å². The number of nitrogens with one attached hydrogen (secondary N) is 1. The molecule has 0 aliphatic heterocycles. The number of nitrogens with zero attached hydrogens (tertiary/aromatic N) is 1. The molecule has 1 heterocycles. The zero-order chi connectivity index (χ0) is 17.5. The molecule has 24 heavy (non-hydrogen) atoms. The summed E-state index contributed by atoms with van der Waals surface area (Å²) in [5.74, 6) is 0. The Kier molecular flexibility index (Phi) is 4.04. The Morgan fingerprint density at radius 3 is 2.21 bits per heavy atom. The summed E-state index contributed by atoms with van der Waals surface area (Å²) in [7, 11) is -7.82. The number of primary sulfonamides is 1. The molecule has 3 aromatic rings. The monoisotopic (exact) mass is 384 g/mol. The highest BCUT2D eigenvalue weighted by Gasteiger charge is 2.16. The molecule has 126 valence electrons. The van der Waals surface area contributed by atoms with Crippen molar-refractivity contribution in [2.45, 2.75) is 9.79 Å². The van der Waals surface area contributed by atoms with Crippen LogP contribution >= 0.6 is 11.6 Å². The van der Waals surface area contributed by atoms with Gasteiger partial charge in [0.2, 0.25) is 10.0 Å². The number of hydrogen-bond acceptors (Lipinski definition) is 4. The smallest absolute Gasteiger partial charge is 0.261 e. The molecular weight excluding hydrogens is 374 g/mol. The van der Waals surface area contributed by atoms with Gasteiger partial charge in [0.15, 0.2) is 0 Å². The minimum absolute atomic E-state index is 0.107. The Morgan fingerprint density at radius 2 is 1.58 bits per heavy atom. The van der Waals surface area contributed by atoms with Crippen LogP contribution in [0.1, 0.15) is 0 Å². The van der Waals surface area contributed by atoms with Crippen molar-refractivity contribution in [3.63, 3.8) is 0 Å². The second-order valence-electron chi connectivity index (χ2n) is 4.93. The summed E-state index contributed by atoms with van der Waals surface area (Å²) in [6, 6.07) is 9.51. The molecule has 0 aliphatic rings. The van der Waals surface area contributed by atoms with Crippen molar-refractivity contribution in [1.29, 1.82) is 0 Å². The van der Waals surface area contributed by atoms with Gasteiger partial charge in [-0.3, -0.25) is 4.72 Å². The van der Waals surface area contributed by atoms with Crippen LogP contribution < -0.4 is 14.8 Å². The van der Waals surface area contributed by atoms with Gasteiger partial charge in [0.1, 0.15) is 0 Å². The largest absolute Gasteiger partial charge is 0.661 e. The summed E-state index contributed by atoms with van der Waals surface area (Å²) < 4.78 is 49.8. The number of fused-ring (bicyclic) bond motifs is 1. The first-order valence-electron chi connectivity index (χ1n) is 6.54. The molecule has 1 aromatic heterocycles. The van der Waals surface area contributed by atoms with Gasteiger partial charge < -0.3 is 4.98 Å². The molecule has 0 unspecified atom stereocenters. The lowest BCUT2D eigenvalue weighted by atomic mass is 10.2. The van der Waals surface area contributed by atoms with E-state index in [9.17, 15) is 16.8 Å². The molecule has 3 rings (SSSR count). The van der Waals surface area contributed by atoms with Crippen molar-refractivity contribution in [1.82, 2.24) is 4.98 Å². The maximum atomic E-state index is 12.5. The number of halogens is 1. The summed E-state index contributed by atoms with van der Waals surface area (Å²) in [6.45, 7) is 0. The molecule has 0 bridgehead atoms. The number of benzene rings is 2. The highest BCUT2D eigenvalue weighted by molar-refractivity contribution is 7.92. The molecule has 10 heteroatoms. The van der Waals surface area contributed by atoms with E-state index >= 15 is 0 Å². The van der Waals surface area contributed by atoms with Gasteiger partial charge in [-0.2, -0.15) is 6.20 Å². The first-order valence-corrected chi connectivity index (χ1v) is 9.95. The second kappa shape index (κ2) is 5.78. The van der Waals surface area contributed by atoms with Crippen LogP contribution in [-0.4, -0.2) is 16.8 Å². The van der Waals surface area contributed by atoms with E-state index in [1.165, 1.54) is 6.20 Å². The minimum atomic E-state index is -3.93. The van der Waals surface area contributed by atoms with E-state index in [0.29, 0.717) is 15.9 Å². The zero-order valence-electron chi connectivity index (χ0n) is 12.0. The zero-order valence-corrected chi connectivity index (χ0v) is 14.4. The second-order valence-corrected chi connectivity index (χ2v) is 8.58. The Hall–Kier alpha value is -2.07. The number of para-hydroxylation sites is 1. The first kappa shape index (κ1) is 16.8. The number of nitrogens with two attached hydrogens (primary N) is 1. The van der Waals surface area contributed by atoms with Crippen molar-refractivity contribution < 1.29 is 16.8 Å². The van der Waals surface area contributed by atoms with E-state index in [4.69, 9.17) is 16.7 Å². The van der Waals surface area contributed by atoms with Gasteiger partial charge in [0, 0.05) is 10.7 Å². The number of anilines is 1. The van der Waals surface area contributed by atoms with Crippen LogP contribution in [-0.2, 0) is 20.0 Å². The predicted octanol–water partition coefficient (Wildman–Crippen LogP) is 1.90. The number of rotatable bonds is 4. The maximum Gasteiger partial charge on any atom is 0.261 e. The quantitative estimate of drug-likeness (QED) is 0.711. The van der Waals surface area contributed by atoms with Crippen molar-refractivity contribution in [2.24, 2.45) is 5.14 Å². The number of sulfonamides is 2. The summed E-state index contributed by atoms with van der Waals surface area (Å²) >= 11 is 5.98. The molecule has 0 saturated heterocycles. The highest BCUT2D eigenvalue weighted by Crippen LogP contribution is 2.29. The standard InChI is InChI=1S/C14H11ClN3O4S2/c15-12-8-17-14-11(12)2-1-3-13(14)18-24(21,22)10-6-4-9(5-7-10)23(16,19)20/h1-8,18H,(H2,16,19,20)/q-1. The molecule has 0 amide bonds. The van der Waals surface area contributed by atoms with Crippen LogP contribution in [0.25, 0.3) is 10.9 Å². The van der Waals surface area contributed by atoms with Crippen molar-refractivity contribution in [2.75, 3.05) is 4.72 Å². The van der Waals surface area contributed by atoms with Crippen molar-refractivity contribution in [3.8, 4) is 0 Å². The van der Waals surface area contributed by atoms with Gasteiger partial charge in [-0.15, -0.1) is 5.52 Å². The Labute approximate surface area is 143 Å². The Balaban J connectivity index is 1.99. The van der Waals surface area contributed by atoms with Gasteiger partial charge in [0.05, 0.1) is 9.79 Å². The van der Waals surface area contributed by atoms with E-state index < -0.39 is 20.0 Å². The normalized spacial score (nSPS) is 12.4. The topological polar surface area (TPSA) is 120 Å². The van der Waals surface area contributed by atoms with Crippen LogP contribution in [0.5, 0.6) is 0 Å². The fourth-order valence-electron chi connectivity index (χ4n) is 2.16. The molecule has 0 saturated carbocycles. The lowest BCUT2D eigenvalue weighted by Crippen LogP contribution is -2.15. The molecule has 0 spiro atoms. The van der Waals surface area contributed by atoms with Crippen LogP contribution in [0.3, 0.4) is 0 Å². The first-order chi connectivity index (χ1) is 11.2. The average Bonchev–Trinajstić information content (AvgIpc) is 2.89. The molecule has 0 aliphatic carbocycles. The summed E-state index contributed by atoms with van der Waals surface area (Å²) in [5, 5.41) is 6.04. The van der Waals surface area contributed by atoms with Gasteiger partial charge in [0.25, 0.3) is 10.0 Å². The van der Waals surface area contributed by atoms with E-state index in [0.717, 1.165) is 24.3 Å². The molecule has 2 aromatic carbocycles. The lowest BCUT2D eigenvalue weighted by Gasteiger charge is -2.13. The summed E-state index contributed by atoms with van der Waals surface area (Å²) in [4.78, 5) is 3.81. The molecule has 7 nitrogen and oxygen atoms in total. The molecule has 0 fully saturated rings. The third-order valence-corrected chi connectivity index (χ3v) is 5.92. The third-order valence-electron chi connectivity index (χ3n) is 3.31. The Bertz CT molecular complexity index is 1120. The molecule has 0 radical (unpaired) electrons.